The largest absolute Gasteiger partial charge is 0.355 e. The van der Waals surface area contributed by atoms with E-state index in [1.54, 1.807) is 19.9 Å². The number of aromatic nitrogens is 2. The second-order valence-corrected chi connectivity index (χ2v) is 4.31. The van der Waals surface area contributed by atoms with Gasteiger partial charge in [0.15, 0.2) is 0 Å². The molecule has 1 aliphatic heterocycles. The van der Waals surface area contributed by atoms with E-state index in [-0.39, 0.29) is 11.2 Å². The Balaban J connectivity index is 2.71. The average molecular weight is 196 g/mol. The molecule has 1 aromatic heterocycles. The quantitative estimate of drug-likeness (QED) is 0.573. The van der Waals surface area contributed by atoms with Crippen molar-refractivity contribution < 1.29 is 4.79 Å². The van der Waals surface area contributed by atoms with E-state index < -0.39 is 5.69 Å². The molecule has 0 amide bonds. The van der Waals surface area contributed by atoms with Crippen LogP contribution >= 0.6 is 11.8 Å². The predicted octanol–water partition coefficient (Wildman–Crippen LogP) is 0.686. The smallest absolute Gasteiger partial charge is 0.273 e. The highest BCUT2D eigenvalue weighted by atomic mass is 32.2. The van der Waals surface area contributed by atoms with E-state index in [0.717, 1.165) is 4.57 Å². The van der Waals surface area contributed by atoms with Crippen LogP contribution < -0.4 is 5.69 Å². The van der Waals surface area contributed by atoms with Crippen LogP contribution in [-0.2, 0) is 0 Å². The first-order valence-corrected chi connectivity index (χ1v) is 4.79. The first kappa shape index (κ1) is 8.50. The van der Waals surface area contributed by atoms with Crippen molar-refractivity contribution in [1.82, 2.24) is 9.55 Å². The van der Waals surface area contributed by atoms with Gasteiger partial charge in [0.05, 0.1) is 10.3 Å². The van der Waals surface area contributed by atoms with Gasteiger partial charge in [0, 0.05) is 5.69 Å². The van der Waals surface area contributed by atoms with Gasteiger partial charge in [-0.15, -0.1) is 0 Å². The summed E-state index contributed by atoms with van der Waals surface area (Å²) in [5, 5.41) is 0.534. The van der Waals surface area contributed by atoms with E-state index in [9.17, 15) is 9.59 Å². The summed E-state index contributed by atoms with van der Waals surface area (Å²) in [7, 11) is 0. The van der Waals surface area contributed by atoms with Gasteiger partial charge in [-0.3, -0.25) is 4.79 Å². The highest BCUT2D eigenvalue weighted by Crippen LogP contribution is 2.29. The van der Waals surface area contributed by atoms with Gasteiger partial charge in [0.25, 0.3) is 0 Å². The lowest BCUT2D eigenvalue weighted by molar-refractivity contribution is 0.0908. The van der Waals surface area contributed by atoms with Crippen molar-refractivity contribution in [2.45, 2.75) is 24.1 Å². The van der Waals surface area contributed by atoms with E-state index in [2.05, 4.69) is 4.98 Å². The van der Waals surface area contributed by atoms with Crippen LogP contribution in [0.5, 0.6) is 0 Å². The lowest BCUT2D eigenvalue weighted by Gasteiger charge is -1.98. The van der Waals surface area contributed by atoms with Crippen molar-refractivity contribution in [2.24, 2.45) is 0 Å². The molecule has 0 N–H and O–H groups in total. The Morgan fingerprint density at radius 1 is 1.54 bits per heavy atom. The molecule has 4 nitrogen and oxygen atoms in total. The van der Waals surface area contributed by atoms with Crippen LogP contribution in [0.1, 0.15) is 17.4 Å². The topological polar surface area (TPSA) is 52.0 Å². The average Bonchev–Trinajstić information content (AvgIpc) is 2.27. The Bertz CT molecular complexity index is 438. The molecule has 0 bridgehead atoms. The maximum Gasteiger partial charge on any atom is 0.355 e. The lowest BCUT2D eigenvalue weighted by atomic mass is 10.4. The van der Waals surface area contributed by atoms with Gasteiger partial charge in [-0.2, -0.15) is 4.98 Å². The number of nitrogens with zero attached hydrogens (tertiary/aromatic N) is 2. The van der Waals surface area contributed by atoms with Crippen LogP contribution in [0, 0.1) is 6.92 Å². The van der Waals surface area contributed by atoms with Gasteiger partial charge < -0.3 is 0 Å². The van der Waals surface area contributed by atoms with Gasteiger partial charge in [0.1, 0.15) is 0 Å². The summed E-state index contributed by atoms with van der Waals surface area (Å²) in [4.78, 5) is 26.4. The van der Waals surface area contributed by atoms with E-state index >= 15 is 0 Å². The van der Waals surface area contributed by atoms with Crippen LogP contribution in [0.15, 0.2) is 15.9 Å². The summed E-state index contributed by atoms with van der Waals surface area (Å²) in [6.07, 6.45) is 0. The molecule has 0 aliphatic carbocycles. The maximum atomic E-state index is 11.4. The molecule has 2 heterocycles. The minimum Gasteiger partial charge on any atom is -0.273 e. The first-order chi connectivity index (χ1) is 6.09. The molecule has 0 unspecified atom stereocenters. The highest BCUT2D eigenvalue weighted by Gasteiger charge is 2.29. The van der Waals surface area contributed by atoms with E-state index in [0.29, 0.717) is 10.7 Å². The first-order valence-electron chi connectivity index (χ1n) is 3.91. The fraction of sp³-hybridized carbons (Fsp3) is 0.375. The molecule has 0 saturated heterocycles. The van der Waals surface area contributed by atoms with Gasteiger partial charge in [-0.05, 0) is 19.9 Å². The number of fused-ring (bicyclic) bond motifs is 1. The van der Waals surface area contributed by atoms with Crippen LogP contribution in [0.3, 0.4) is 0 Å². The number of aryl methyl sites for hydroxylation is 1. The Kier molecular flexibility index (Phi) is 1.76. The molecule has 1 aromatic rings. The number of rotatable bonds is 0. The highest BCUT2D eigenvalue weighted by molar-refractivity contribution is 8.01. The third-order valence-corrected chi connectivity index (χ3v) is 2.98. The molecular formula is C8H8N2O2S. The molecule has 2 rings (SSSR count). The van der Waals surface area contributed by atoms with E-state index in [1.807, 2.05) is 0 Å². The monoisotopic (exact) mass is 196 g/mol. The van der Waals surface area contributed by atoms with Crippen molar-refractivity contribution in [3.8, 4) is 0 Å². The second kappa shape index (κ2) is 2.70. The Morgan fingerprint density at radius 3 is 2.92 bits per heavy atom. The number of hydrogen-bond donors (Lipinski definition) is 0. The van der Waals surface area contributed by atoms with Gasteiger partial charge >= 0.3 is 5.69 Å². The third kappa shape index (κ3) is 1.19. The standard InChI is InChI=1S/C8H8N2O2S/c1-4-3-6-10(8(12)9-4)7(11)5(2)13-6/h3,5H,1-2H3/t5-/m1/s1. The summed E-state index contributed by atoms with van der Waals surface area (Å²) < 4.78 is 1.14. The molecule has 68 valence electrons. The minimum absolute atomic E-state index is 0.169. The molecule has 13 heavy (non-hydrogen) atoms. The molecule has 1 aliphatic rings. The van der Waals surface area contributed by atoms with Crippen molar-refractivity contribution in [1.29, 1.82) is 0 Å². The van der Waals surface area contributed by atoms with Crippen LogP contribution in [0.4, 0.5) is 0 Å². The van der Waals surface area contributed by atoms with Crippen molar-refractivity contribution in [3.63, 3.8) is 0 Å². The maximum absolute atomic E-state index is 11.4. The molecule has 0 spiro atoms. The summed E-state index contributed by atoms with van der Waals surface area (Å²) in [5.41, 5.74) is 0.197. The predicted molar refractivity (Wildman–Crippen MR) is 49.2 cm³/mol. The molecule has 0 radical (unpaired) electrons. The van der Waals surface area contributed by atoms with E-state index in [1.165, 1.54) is 11.8 Å². The summed E-state index contributed by atoms with van der Waals surface area (Å²) in [6.45, 7) is 3.53. The van der Waals surface area contributed by atoms with Crippen LogP contribution in [-0.4, -0.2) is 20.7 Å². The summed E-state index contributed by atoms with van der Waals surface area (Å²) in [5.74, 6) is -0.169. The zero-order chi connectivity index (χ0) is 9.59. The van der Waals surface area contributed by atoms with E-state index in [4.69, 9.17) is 0 Å². The fourth-order valence-electron chi connectivity index (χ4n) is 1.27. The number of carbonyl (C=O) groups is 1. The van der Waals surface area contributed by atoms with Crippen LogP contribution in [0.25, 0.3) is 0 Å². The number of hydrogen-bond acceptors (Lipinski definition) is 4. The van der Waals surface area contributed by atoms with Gasteiger partial charge in [0.2, 0.25) is 5.91 Å². The molecular weight excluding hydrogens is 188 g/mol. The third-order valence-electron chi connectivity index (χ3n) is 1.88. The fourth-order valence-corrected chi connectivity index (χ4v) is 2.35. The molecule has 0 aromatic carbocycles. The summed E-state index contributed by atoms with van der Waals surface area (Å²) >= 11 is 1.40. The van der Waals surface area contributed by atoms with Crippen molar-refractivity contribution in [3.05, 3.63) is 22.2 Å². The normalized spacial score (nSPS) is 20.5. The zero-order valence-electron chi connectivity index (χ0n) is 7.27. The summed E-state index contributed by atoms with van der Waals surface area (Å²) in [6, 6.07) is 1.76. The second-order valence-electron chi connectivity index (χ2n) is 2.95. The number of thioether (sulfide) groups is 1. The number of carbonyl (C=O) groups excluding carboxylic acids is 1. The minimum atomic E-state index is -0.461. The zero-order valence-corrected chi connectivity index (χ0v) is 8.09. The van der Waals surface area contributed by atoms with Gasteiger partial charge in [-0.1, -0.05) is 11.8 Å². The molecule has 1 atom stereocenters. The Labute approximate surface area is 79.0 Å². The Morgan fingerprint density at radius 2 is 2.23 bits per heavy atom. The lowest BCUT2D eigenvalue weighted by Crippen LogP contribution is -2.29. The van der Waals surface area contributed by atoms with Crippen molar-refractivity contribution in [2.75, 3.05) is 0 Å². The Hall–Kier alpha value is -1.10. The van der Waals surface area contributed by atoms with Gasteiger partial charge in [-0.25, -0.2) is 9.36 Å². The SMILES string of the molecule is Cc1cc2n(c(=O)n1)C(=O)[C@@H](C)S2. The molecule has 0 saturated carbocycles. The van der Waals surface area contributed by atoms with Crippen LogP contribution in [0.2, 0.25) is 0 Å². The molecule has 5 heteroatoms. The molecule has 0 fully saturated rings. The van der Waals surface area contributed by atoms with Crippen molar-refractivity contribution >= 4 is 17.7 Å².